The molecule has 4 heteroatoms. The smallest absolute Gasteiger partial charge is 0.146 e. The lowest BCUT2D eigenvalue weighted by atomic mass is 9.84. The van der Waals surface area contributed by atoms with Gasteiger partial charge in [-0.15, -0.1) is 10.2 Å². The molecule has 0 unspecified atom stereocenters. The number of aromatic nitrogens is 3. The summed E-state index contributed by atoms with van der Waals surface area (Å²) in [4.78, 5) is 0. The van der Waals surface area contributed by atoms with Crippen molar-refractivity contribution in [3.05, 3.63) is 11.6 Å². The van der Waals surface area contributed by atoms with Crippen LogP contribution < -0.4 is 5.32 Å². The molecule has 1 fully saturated rings. The van der Waals surface area contributed by atoms with Crippen molar-refractivity contribution in [2.45, 2.75) is 58.5 Å². The third kappa shape index (κ3) is 3.06. The predicted molar refractivity (Wildman–Crippen MR) is 68.6 cm³/mol. The molecule has 0 aliphatic heterocycles. The second-order valence-electron chi connectivity index (χ2n) is 5.29. The van der Waals surface area contributed by atoms with E-state index in [0.29, 0.717) is 6.04 Å². The molecule has 0 aromatic carbocycles. The summed E-state index contributed by atoms with van der Waals surface area (Å²) in [5, 5.41) is 11.9. The van der Waals surface area contributed by atoms with E-state index in [4.69, 9.17) is 0 Å². The Balaban J connectivity index is 1.83. The van der Waals surface area contributed by atoms with Crippen molar-refractivity contribution in [3.8, 4) is 0 Å². The molecule has 0 radical (unpaired) electrons. The molecule has 2 rings (SSSR count). The standard InChI is InChI=1S/C13H24N4/c1-10(12-7-5-4-6-8-12)14-9-13-16-15-11(2)17(13)3/h10,12,14H,4-9H2,1-3H3/t10-/m1/s1. The van der Waals surface area contributed by atoms with Gasteiger partial charge >= 0.3 is 0 Å². The number of aryl methyl sites for hydroxylation is 1. The zero-order valence-corrected chi connectivity index (χ0v) is 11.2. The molecule has 1 aromatic heterocycles. The molecule has 1 aliphatic carbocycles. The minimum Gasteiger partial charge on any atom is -0.317 e. The lowest BCUT2D eigenvalue weighted by Crippen LogP contribution is -2.34. The van der Waals surface area contributed by atoms with E-state index in [9.17, 15) is 0 Å². The fraction of sp³-hybridized carbons (Fsp3) is 0.846. The van der Waals surface area contributed by atoms with Crippen molar-refractivity contribution in [1.29, 1.82) is 0 Å². The Morgan fingerprint density at radius 1 is 1.29 bits per heavy atom. The summed E-state index contributed by atoms with van der Waals surface area (Å²) < 4.78 is 2.06. The van der Waals surface area contributed by atoms with Crippen molar-refractivity contribution in [3.63, 3.8) is 0 Å². The van der Waals surface area contributed by atoms with Crippen LogP contribution in [0.15, 0.2) is 0 Å². The summed E-state index contributed by atoms with van der Waals surface area (Å²) in [6.07, 6.45) is 6.99. The average molecular weight is 236 g/mol. The van der Waals surface area contributed by atoms with E-state index in [1.807, 2.05) is 14.0 Å². The van der Waals surface area contributed by atoms with Gasteiger partial charge in [-0.05, 0) is 32.6 Å². The molecule has 17 heavy (non-hydrogen) atoms. The minimum atomic E-state index is 0.590. The summed E-state index contributed by atoms with van der Waals surface area (Å²) in [6, 6.07) is 0.590. The first-order valence-electron chi connectivity index (χ1n) is 6.76. The monoisotopic (exact) mass is 236 g/mol. The number of nitrogens with one attached hydrogen (secondary N) is 1. The van der Waals surface area contributed by atoms with Gasteiger partial charge in [-0.2, -0.15) is 0 Å². The van der Waals surface area contributed by atoms with Gasteiger partial charge < -0.3 is 9.88 Å². The van der Waals surface area contributed by atoms with E-state index < -0.39 is 0 Å². The fourth-order valence-electron chi connectivity index (χ4n) is 2.66. The van der Waals surface area contributed by atoms with Crippen LogP contribution in [0, 0.1) is 12.8 Å². The Bertz CT molecular complexity index is 352. The van der Waals surface area contributed by atoms with Gasteiger partial charge in [0.25, 0.3) is 0 Å². The largest absolute Gasteiger partial charge is 0.317 e. The molecule has 96 valence electrons. The first-order chi connectivity index (χ1) is 8.18. The van der Waals surface area contributed by atoms with Crippen LogP contribution in [-0.4, -0.2) is 20.8 Å². The van der Waals surface area contributed by atoms with Crippen molar-refractivity contribution >= 4 is 0 Å². The van der Waals surface area contributed by atoms with Gasteiger partial charge in [0.15, 0.2) is 0 Å². The molecule has 1 heterocycles. The molecule has 1 aliphatic rings. The van der Waals surface area contributed by atoms with Crippen molar-refractivity contribution in [1.82, 2.24) is 20.1 Å². The highest BCUT2D eigenvalue weighted by Crippen LogP contribution is 2.26. The first kappa shape index (κ1) is 12.6. The Morgan fingerprint density at radius 2 is 2.00 bits per heavy atom. The van der Waals surface area contributed by atoms with Gasteiger partial charge in [0.05, 0.1) is 6.54 Å². The van der Waals surface area contributed by atoms with Crippen LogP contribution in [0.5, 0.6) is 0 Å². The third-order valence-corrected chi connectivity index (χ3v) is 4.12. The van der Waals surface area contributed by atoms with Crippen LogP contribution in [-0.2, 0) is 13.6 Å². The highest BCUT2D eigenvalue weighted by molar-refractivity contribution is 4.92. The Labute approximate surface area is 104 Å². The zero-order valence-electron chi connectivity index (χ0n) is 11.2. The SMILES string of the molecule is Cc1nnc(CN[C@H](C)C2CCCCC2)n1C. The first-order valence-corrected chi connectivity index (χ1v) is 6.76. The molecule has 1 atom stereocenters. The average Bonchev–Trinajstić information content (AvgIpc) is 2.68. The van der Waals surface area contributed by atoms with E-state index in [1.165, 1.54) is 32.1 Å². The summed E-state index contributed by atoms with van der Waals surface area (Å²) in [5.41, 5.74) is 0. The normalized spacial score (nSPS) is 19.5. The van der Waals surface area contributed by atoms with Crippen LogP contribution in [0.3, 0.4) is 0 Å². The van der Waals surface area contributed by atoms with E-state index in [-0.39, 0.29) is 0 Å². The van der Waals surface area contributed by atoms with Crippen LogP contribution in [0.4, 0.5) is 0 Å². The van der Waals surface area contributed by atoms with Crippen LogP contribution >= 0.6 is 0 Å². The van der Waals surface area contributed by atoms with Crippen molar-refractivity contribution in [2.75, 3.05) is 0 Å². The van der Waals surface area contributed by atoms with Gasteiger partial charge in [0, 0.05) is 13.1 Å². The second-order valence-corrected chi connectivity index (χ2v) is 5.29. The van der Waals surface area contributed by atoms with Crippen LogP contribution in [0.25, 0.3) is 0 Å². The second kappa shape index (κ2) is 5.63. The summed E-state index contributed by atoms with van der Waals surface area (Å²) in [7, 11) is 2.03. The summed E-state index contributed by atoms with van der Waals surface area (Å²) >= 11 is 0. The molecule has 0 amide bonds. The van der Waals surface area contributed by atoms with Gasteiger partial charge in [-0.3, -0.25) is 0 Å². The minimum absolute atomic E-state index is 0.590. The van der Waals surface area contributed by atoms with Crippen molar-refractivity contribution < 1.29 is 0 Å². The number of nitrogens with zero attached hydrogens (tertiary/aromatic N) is 3. The molecular formula is C13H24N4. The molecular weight excluding hydrogens is 212 g/mol. The van der Waals surface area contributed by atoms with Crippen LogP contribution in [0.2, 0.25) is 0 Å². The Hall–Kier alpha value is -0.900. The molecule has 0 spiro atoms. The topological polar surface area (TPSA) is 42.7 Å². The molecule has 4 nitrogen and oxygen atoms in total. The maximum Gasteiger partial charge on any atom is 0.146 e. The van der Waals surface area contributed by atoms with E-state index >= 15 is 0 Å². The Morgan fingerprint density at radius 3 is 2.59 bits per heavy atom. The lowest BCUT2D eigenvalue weighted by molar-refractivity contribution is 0.279. The molecule has 0 bridgehead atoms. The maximum atomic E-state index is 4.18. The maximum absolute atomic E-state index is 4.18. The summed E-state index contributed by atoms with van der Waals surface area (Å²) in [5.74, 6) is 2.86. The Kier molecular flexibility index (Phi) is 4.15. The molecule has 1 N–H and O–H groups in total. The van der Waals surface area contributed by atoms with Gasteiger partial charge in [0.1, 0.15) is 11.6 Å². The quantitative estimate of drug-likeness (QED) is 0.871. The summed E-state index contributed by atoms with van der Waals surface area (Å²) in [6.45, 7) is 5.12. The third-order valence-electron chi connectivity index (χ3n) is 4.12. The highest BCUT2D eigenvalue weighted by Gasteiger charge is 2.19. The predicted octanol–water partition coefficient (Wildman–Crippen LogP) is 2.18. The fourth-order valence-corrected chi connectivity index (χ4v) is 2.66. The number of hydrogen-bond acceptors (Lipinski definition) is 3. The van der Waals surface area contributed by atoms with Gasteiger partial charge in [-0.1, -0.05) is 19.3 Å². The molecule has 0 saturated heterocycles. The van der Waals surface area contributed by atoms with Crippen LogP contribution in [0.1, 0.15) is 50.7 Å². The van der Waals surface area contributed by atoms with E-state index in [0.717, 1.165) is 24.1 Å². The zero-order chi connectivity index (χ0) is 12.3. The van der Waals surface area contributed by atoms with Gasteiger partial charge in [0.2, 0.25) is 0 Å². The lowest BCUT2D eigenvalue weighted by Gasteiger charge is -2.28. The number of rotatable bonds is 4. The van der Waals surface area contributed by atoms with E-state index in [1.54, 1.807) is 0 Å². The molecule has 1 aromatic rings. The highest BCUT2D eigenvalue weighted by atomic mass is 15.3. The molecule has 1 saturated carbocycles. The van der Waals surface area contributed by atoms with Gasteiger partial charge in [-0.25, -0.2) is 0 Å². The number of hydrogen-bond donors (Lipinski definition) is 1. The van der Waals surface area contributed by atoms with Crippen molar-refractivity contribution in [2.24, 2.45) is 13.0 Å². The van der Waals surface area contributed by atoms with E-state index in [2.05, 4.69) is 27.0 Å².